The highest BCUT2D eigenvalue weighted by atomic mass is 32.2. The number of halogens is 6. The van der Waals surface area contributed by atoms with Crippen molar-refractivity contribution in [3.63, 3.8) is 0 Å². The zero-order chi connectivity index (χ0) is 24.4. The maximum Gasteiger partial charge on any atom is 0.511 e. The topological polar surface area (TPSA) is 69.3 Å². The molecule has 2 aliphatic rings. The minimum absolute atomic E-state index is 0.0936. The van der Waals surface area contributed by atoms with Gasteiger partial charge in [-0.2, -0.15) is 30.6 Å². The van der Waals surface area contributed by atoms with E-state index in [-0.39, 0.29) is 27.7 Å². The lowest BCUT2D eigenvalue weighted by molar-refractivity contribution is -0.138. The molecule has 0 saturated heterocycles. The predicted octanol–water partition coefficient (Wildman–Crippen LogP) is 4.58. The minimum atomic E-state index is -5.78. The third-order valence-corrected chi connectivity index (χ3v) is 8.19. The molecule has 1 unspecified atom stereocenters. The van der Waals surface area contributed by atoms with Crippen molar-refractivity contribution in [2.24, 2.45) is 5.41 Å². The quantitative estimate of drug-likeness (QED) is 0.630. The zero-order valence-electron chi connectivity index (χ0n) is 17.8. The first-order chi connectivity index (χ1) is 15.1. The van der Waals surface area contributed by atoms with Gasteiger partial charge in [-0.25, -0.2) is 13.4 Å². The largest absolute Gasteiger partial charge is 0.511 e. The summed E-state index contributed by atoms with van der Waals surface area (Å²) in [6, 6.07) is 1.44. The third-order valence-electron chi connectivity index (χ3n) is 6.65. The van der Waals surface area contributed by atoms with Crippen LogP contribution in [0.4, 0.5) is 32.0 Å². The molecule has 2 heterocycles. The SMILES string of the molecule is Cc1c(C(F)(F)F)ccc2c1CN(S(=O)(=O)C(F)(F)F)CC(C1(C)CC1)N2Cc1cnc[nH]1. The maximum atomic E-state index is 13.6. The first kappa shape index (κ1) is 23.9. The molecule has 13 heteroatoms. The lowest BCUT2D eigenvalue weighted by atomic mass is 9.95. The molecule has 182 valence electrons. The predicted molar refractivity (Wildman–Crippen MR) is 107 cm³/mol. The number of imidazole rings is 1. The third kappa shape index (κ3) is 4.20. The van der Waals surface area contributed by atoms with Crippen LogP contribution in [0.25, 0.3) is 0 Å². The zero-order valence-corrected chi connectivity index (χ0v) is 18.6. The number of benzene rings is 1. The van der Waals surface area contributed by atoms with Gasteiger partial charge < -0.3 is 9.88 Å². The van der Waals surface area contributed by atoms with Gasteiger partial charge in [0.05, 0.1) is 24.1 Å². The molecule has 1 atom stereocenters. The highest BCUT2D eigenvalue weighted by molar-refractivity contribution is 7.89. The van der Waals surface area contributed by atoms with Crippen molar-refractivity contribution in [1.29, 1.82) is 0 Å². The van der Waals surface area contributed by atoms with Crippen molar-refractivity contribution in [2.75, 3.05) is 11.4 Å². The number of aromatic nitrogens is 2. The number of H-pyrrole nitrogens is 1. The number of hydrogen-bond acceptors (Lipinski definition) is 4. The van der Waals surface area contributed by atoms with E-state index in [1.165, 1.54) is 18.6 Å². The number of anilines is 1. The Kier molecular flexibility index (Phi) is 5.51. The molecule has 0 amide bonds. The molecule has 1 aliphatic heterocycles. The van der Waals surface area contributed by atoms with E-state index >= 15 is 0 Å². The van der Waals surface area contributed by atoms with Crippen molar-refractivity contribution in [1.82, 2.24) is 14.3 Å². The molecule has 33 heavy (non-hydrogen) atoms. The van der Waals surface area contributed by atoms with Gasteiger partial charge in [0.25, 0.3) is 0 Å². The monoisotopic (exact) mass is 496 g/mol. The van der Waals surface area contributed by atoms with Crippen LogP contribution in [0, 0.1) is 12.3 Å². The van der Waals surface area contributed by atoms with Gasteiger partial charge in [0.15, 0.2) is 0 Å². The number of rotatable bonds is 4. The van der Waals surface area contributed by atoms with Crippen LogP contribution in [0.2, 0.25) is 0 Å². The van der Waals surface area contributed by atoms with Crippen LogP contribution in [-0.2, 0) is 29.3 Å². The van der Waals surface area contributed by atoms with E-state index in [2.05, 4.69) is 9.97 Å². The van der Waals surface area contributed by atoms with Crippen LogP contribution in [0.3, 0.4) is 0 Å². The molecule has 0 radical (unpaired) electrons. The van der Waals surface area contributed by atoms with E-state index < -0.39 is 51.8 Å². The fraction of sp³-hybridized carbons (Fsp3) is 0.550. The van der Waals surface area contributed by atoms with E-state index in [1.807, 2.05) is 6.92 Å². The van der Waals surface area contributed by atoms with Gasteiger partial charge in [-0.1, -0.05) is 6.92 Å². The van der Waals surface area contributed by atoms with Gasteiger partial charge >= 0.3 is 21.7 Å². The molecular weight excluding hydrogens is 474 g/mol. The smallest absolute Gasteiger partial charge is 0.361 e. The Bertz CT molecular complexity index is 1140. The number of sulfonamides is 1. The van der Waals surface area contributed by atoms with Gasteiger partial charge in [0.2, 0.25) is 0 Å². The maximum absolute atomic E-state index is 13.6. The molecule has 2 aromatic rings. The first-order valence-corrected chi connectivity index (χ1v) is 11.6. The average molecular weight is 496 g/mol. The summed E-state index contributed by atoms with van der Waals surface area (Å²) >= 11 is 0. The van der Waals surface area contributed by atoms with E-state index in [9.17, 15) is 34.8 Å². The van der Waals surface area contributed by atoms with Crippen LogP contribution in [0.1, 0.15) is 42.1 Å². The average Bonchev–Trinajstić information content (AvgIpc) is 3.26. The minimum Gasteiger partial charge on any atom is -0.361 e. The summed E-state index contributed by atoms with van der Waals surface area (Å²) in [7, 11) is -5.78. The van der Waals surface area contributed by atoms with Crippen molar-refractivity contribution in [3.05, 3.63) is 47.0 Å². The van der Waals surface area contributed by atoms with Gasteiger partial charge in [0.1, 0.15) is 0 Å². The molecule has 1 N–H and O–H groups in total. The number of aromatic amines is 1. The highest BCUT2D eigenvalue weighted by Gasteiger charge is 2.55. The van der Waals surface area contributed by atoms with Crippen molar-refractivity contribution >= 4 is 15.7 Å². The fourth-order valence-corrected chi connectivity index (χ4v) is 5.35. The fourth-order valence-electron chi connectivity index (χ4n) is 4.43. The van der Waals surface area contributed by atoms with Crippen LogP contribution in [0.5, 0.6) is 0 Å². The second kappa shape index (κ2) is 7.62. The lowest BCUT2D eigenvalue weighted by Crippen LogP contribution is -2.50. The van der Waals surface area contributed by atoms with Crippen molar-refractivity contribution < 1.29 is 34.8 Å². The summed E-state index contributed by atoms with van der Waals surface area (Å²) in [4.78, 5) is 8.55. The number of fused-ring (bicyclic) bond motifs is 1. The molecular formula is C20H22F6N4O2S. The van der Waals surface area contributed by atoms with Crippen LogP contribution in [0.15, 0.2) is 24.7 Å². The van der Waals surface area contributed by atoms with E-state index in [4.69, 9.17) is 0 Å². The molecule has 6 nitrogen and oxygen atoms in total. The number of nitrogens with one attached hydrogen (secondary N) is 1. The molecule has 1 saturated carbocycles. The van der Waals surface area contributed by atoms with E-state index in [1.54, 1.807) is 4.90 Å². The lowest BCUT2D eigenvalue weighted by Gasteiger charge is -2.38. The standard InChI is InChI=1S/C20H22F6N4O2S/c1-12-14-9-29(33(31,32)20(24,25)26)10-17(18(2)5-6-18)30(8-13-7-27-11-28-13)16(14)4-3-15(12)19(21,22)23/h3-4,7,11,17H,5-6,8-10H2,1-2H3,(H,27,28). The van der Waals surface area contributed by atoms with E-state index in [0.29, 0.717) is 18.5 Å². The first-order valence-electron chi connectivity index (χ1n) is 10.1. The summed E-state index contributed by atoms with van der Waals surface area (Å²) in [6.45, 7) is 1.82. The second-order valence-corrected chi connectivity index (χ2v) is 10.8. The number of alkyl halides is 6. The van der Waals surface area contributed by atoms with Gasteiger partial charge in [-0.05, 0) is 48.4 Å². The van der Waals surface area contributed by atoms with Crippen LogP contribution < -0.4 is 4.90 Å². The summed E-state index contributed by atoms with van der Waals surface area (Å²) < 4.78 is 106. The van der Waals surface area contributed by atoms with Gasteiger partial charge in [-0.3, -0.25) is 0 Å². The van der Waals surface area contributed by atoms with Crippen LogP contribution >= 0.6 is 0 Å². The van der Waals surface area contributed by atoms with Crippen LogP contribution in [-0.4, -0.2) is 40.8 Å². The Morgan fingerprint density at radius 2 is 1.85 bits per heavy atom. The Hall–Kier alpha value is -2.28. The van der Waals surface area contributed by atoms with Gasteiger partial charge in [0, 0.05) is 31.0 Å². The summed E-state index contributed by atoms with van der Waals surface area (Å²) in [5, 5.41) is 0. The molecule has 4 rings (SSSR count). The molecule has 1 aromatic carbocycles. The summed E-state index contributed by atoms with van der Waals surface area (Å²) in [5.41, 5.74) is -6.58. The summed E-state index contributed by atoms with van der Waals surface area (Å²) in [6.07, 6.45) is -0.494. The normalized spacial score (nSPS) is 21.6. The molecule has 1 aliphatic carbocycles. The second-order valence-electron chi connectivity index (χ2n) is 8.85. The Labute approximate surface area is 186 Å². The number of nitrogens with zero attached hydrogens (tertiary/aromatic N) is 3. The number of hydrogen-bond donors (Lipinski definition) is 1. The van der Waals surface area contributed by atoms with E-state index in [0.717, 1.165) is 13.0 Å². The molecule has 1 fully saturated rings. The molecule has 0 spiro atoms. The summed E-state index contributed by atoms with van der Waals surface area (Å²) in [5.74, 6) is 0. The molecule has 0 bridgehead atoms. The highest BCUT2D eigenvalue weighted by Crippen LogP contribution is 2.53. The molecule has 1 aromatic heterocycles. The van der Waals surface area contributed by atoms with Crippen molar-refractivity contribution in [3.8, 4) is 0 Å². The Morgan fingerprint density at radius 3 is 2.36 bits per heavy atom. The Morgan fingerprint density at radius 1 is 1.18 bits per heavy atom. The van der Waals surface area contributed by atoms with Gasteiger partial charge in [-0.15, -0.1) is 0 Å². The Balaban J connectivity index is 1.93. The van der Waals surface area contributed by atoms with Crippen molar-refractivity contribution in [2.45, 2.75) is 57.5 Å².